The van der Waals surface area contributed by atoms with Gasteiger partial charge in [-0.25, -0.2) is 8.42 Å². The van der Waals surface area contributed by atoms with Crippen molar-refractivity contribution in [3.05, 3.63) is 28.2 Å². The Hall–Kier alpha value is -0.820. The van der Waals surface area contributed by atoms with E-state index in [4.69, 9.17) is 23.2 Å². The van der Waals surface area contributed by atoms with Gasteiger partial charge in [-0.2, -0.15) is 4.31 Å². The second kappa shape index (κ2) is 6.76. The topological polar surface area (TPSA) is 66.5 Å². The van der Waals surface area contributed by atoms with E-state index < -0.39 is 10.0 Å². The fourth-order valence-electron chi connectivity index (χ4n) is 1.50. The summed E-state index contributed by atoms with van der Waals surface area (Å²) in [5, 5.41) is 2.94. The zero-order valence-electron chi connectivity index (χ0n) is 11.4. The third-order valence-corrected chi connectivity index (χ3v) is 4.92. The molecule has 0 aromatic heterocycles. The maximum absolute atomic E-state index is 12.3. The van der Waals surface area contributed by atoms with Crippen molar-refractivity contribution in [2.75, 3.05) is 13.6 Å². The molecule has 112 valence electrons. The van der Waals surface area contributed by atoms with Gasteiger partial charge in [-0.05, 0) is 32.0 Å². The summed E-state index contributed by atoms with van der Waals surface area (Å²) >= 11 is 11.7. The van der Waals surface area contributed by atoms with Crippen LogP contribution in [-0.4, -0.2) is 38.3 Å². The van der Waals surface area contributed by atoms with Crippen LogP contribution in [0.15, 0.2) is 23.1 Å². The Morgan fingerprint density at radius 1 is 1.35 bits per heavy atom. The van der Waals surface area contributed by atoms with E-state index in [1.54, 1.807) is 13.8 Å². The molecule has 0 fully saturated rings. The lowest BCUT2D eigenvalue weighted by atomic mass is 10.4. The minimum atomic E-state index is -3.87. The fourth-order valence-corrected chi connectivity index (χ4v) is 3.36. The Kier molecular flexibility index (Phi) is 5.82. The van der Waals surface area contributed by atoms with Gasteiger partial charge in [-0.3, -0.25) is 4.79 Å². The minimum Gasteiger partial charge on any atom is -0.353 e. The number of nitrogens with one attached hydrogen (secondary N) is 1. The van der Waals surface area contributed by atoms with E-state index in [1.165, 1.54) is 25.2 Å². The van der Waals surface area contributed by atoms with Crippen LogP contribution in [0.5, 0.6) is 0 Å². The third kappa shape index (κ3) is 4.34. The first-order chi connectivity index (χ1) is 9.14. The quantitative estimate of drug-likeness (QED) is 0.894. The van der Waals surface area contributed by atoms with Crippen LogP contribution in [0.2, 0.25) is 10.0 Å². The van der Waals surface area contributed by atoms with Gasteiger partial charge < -0.3 is 5.32 Å². The number of hydrogen-bond acceptors (Lipinski definition) is 3. The molecule has 0 saturated heterocycles. The number of carbonyl (C=O) groups excluding carboxylic acids is 1. The molecule has 0 aliphatic heterocycles. The lowest BCUT2D eigenvalue weighted by Crippen LogP contribution is -2.40. The van der Waals surface area contributed by atoms with Gasteiger partial charge in [-0.15, -0.1) is 0 Å². The van der Waals surface area contributed by atoms with Crippen molar-refractivity contribution in [3.63, 3.8) is 0 Å². The summed E-state index contributed by atoms with van der Waals surface area (Å²) in [5.41, 5.74) is 0. The molecule has 1 aromatic rings. The van der Waals surface area contributed by atoms with Crippen LogP contribution in [0, 0.1) is 0 Å². The van der Waals surface area contributed by atoms with E-state index in [0.717, 1.165) is 4.31 Å². The predicted molar refractivity (Wildman–Crippen MR) is 79.6 cm³/mol. The monoisotopic (exact) mass is 338 g/mol. The highest BCUT2D eigenvalue weighted by Gasteiger charge is 2.25. The second-order valence-electron chi connectivity index (χ2n) is 4.56. The maximum atomic E-state index is 12.3. The molecule has 0 heterocycles. The molecule has 1 rings (SSSR count). The SMILES string of the molecule is CC(C)NC(=O)CN(C)S(=O)(=O)c1cc(Cl)ccc1Cl. The summed E-state index contributed by atoms with van der Waals surface area (Å²) < 4.78 is 25.6. The first-order valence-electron chi connectivity index (χ1n) is 5.85. The molecule has 1 N–H and O–H groups in total. The summed E-state index contributed by atoms with van der Waals surface area (Å²) in [4.78, 5) is 11.5. The van der Waals surface area contributed by atoms with Crippen LogP contribution < -0.4 is 5.32 Å². The number of amides is 1. The summed E-state index contributed by atoms with van der Waals surface area (Å²) in [6.07, 6.45) is 0. The van der Waals surface area contributed by atoms with Gasteiger partial charge in [-0.1, -0.05) is 23.2 Å². The lowest BCUT2D eigenvalue weighted by molar-refractivity contribution is -0.121. The smallest absolute Gasteiger partial charge is 0.244 e. The van der Waals surface area contributed by atoms with Crippen LogP contribution in [0.4, 0.5) is 0 Å². The normalized spacial score (nSPS) is 11.9. The van der Waals surface area contributed by atoms with Crippen molar-refractivity contribution < 1.29 is 13.2 Å². The van der Waals surface area contributed by atoms with Crippen LogP contribution >= 0.6 is 23.2 Å². The molecule has 0 saturated carbocycles. The van der Waals surface area contributed by atoms with Gasteiger partial charge in [0.05, 0.1) is 11.6 Å². The number of halogens is 2. The second-order valence-corrected chi connectivity index (χ2v) is 7.41. The molecule has 5 nitrogen and oxygen atoms in total. The van der Waals surface area contributed by atoms with E-state index in [9.17, 15) is 13.2 Å². The van der Waals surface area contributed by atoms with E-state index >= 15 is 0 Å². The average Bonchev–Trinajstić information content (AvgIpc) is 2.30. The highest BCUT2D eigenvalue weighted by Crippen LogP contribution is 2.26. The van der Waals surface area contributed by atoms with E-state index in [2.05, 4.69) is 5.32 Å². The molecule has 8 heteroatoms. The molecule has 0 unspecified atom stereocenters. The van der Waals surface area contributed by atoms with Gasteiger partial charge in [0.1, 0.15) is 4.90 Å². The van der Waals surface area contributed by atoms with Crippen LogP contribution in [0.1, 0.15) is 13.8 Å². The Labute approximate surface area is 128 Å². The van der Waals surface area contributed by atoms with Crippen molar-refractivity contribution in [2.45, 2.75) is 24.8 Å². The number of nitrogens with zero attached hydrogens (tertiary/aromatic N) is 1. The van der Waals surface area contributed by atoms with Gasteiger partial charge in [0.15, 0.2) is 0 Å². The van der Waals surface area contributed by atoms with Gasteiger partial charge in [0.25, 0.3) is 0 Å². The molecule has 20 heavy (non-hydrogen) atoms. The molecular weight excluding hydrogens is 323 g/mol. The van der Waals surface area contributed by atoms with Gasteiger partial charge >= 0.3 is 0 Å². The molecule has 0 spiro atoms. The number of rotatable bonds is 5. The average molecular weight is 339 g/mol. The standard InChI is InChI=1S/C12H16Cl2N2O3S/c1-8(2)15-12(17)7-16(3)20(18,19)11-6-9(13)4-5-10(11)14/h4-6,8H,7H2,1-3H3,(H,15,17). The number of carbonyl (C=O) groups is 1. The van der Waals surface area contributed by atoms with Crippen molar-refractivity contribution in [1.82, 2.24) is 9.62 Å². The highest BCUT2D eigenvalue weighted by molar-refractivity contribution is 7.89. The van der Waals surface area contributed by atoms with Crippen molar-refractivity contribution >= 4 is 39.1 Å². The zero-order valence-corrected chi connectivity index (χ0v) is 13.7. The van der Waals surface area contributed by atoms with Crippen molar-refractivity contribution in [2.24, 2.45) is 0 Å². The first kappa shape index (κ1) is 17.2. The predicted octanol–water partition coefficient (Wildman–Crippen LogP) is 2.14. The molecule has 0 bridgehead atoms. The Balaban J connectivity index is 2.98. The van der Waals surface area contributed by atoms with Crippen LogP contribution in [-0.2, 0) is 14.8 Å². The summed E-state index contributed by atoms with van der Waals surface area (Å²) in [5.74, 6) is -0.385. The first-order valence-corrected chi connectivity index (χ1v) is 8.05. The fraction of sp³-hybridized carbons (Fsp3) is 0.417. The van der Waals surface area contributed by atoms with E-state index in [0.29, 0.717) is 0 Å². The molecular formula is C12H16Cl2N2O3S. The maximum Gasteiger partial charge on any atom is 0.244 e. The third-order valence-electron chi connectivity index (χ3n) is 2.40. The zero-order chi connectivity index (χ0) is 15.5. The number of likely N-dealkylation sites (N-methyl/N-ethyl adjacent to an activating group) is 1. The van der Waals surface area contributed by atoms with Crippen molar-refractivity contribution in [1.29, 1.82) is 0 Å². The molecule has 0 aliphatic carbocycles. The van der Waals surface area contributed by atoms with Crippen LogP contribution in [0.25, 0.3) is 0 Å². The molecule has 1 aromatic carbocycles. The summed E-state index contributed by atoms with van der Waals surface area (Å²) in [6.45, 7) is 3.30. The Morgan fingerprint density at radius 2 is 1.95 bits per heavy atom. The summed E-state index contributed by atoms with van der Waals surface area (Å²) in [7, 11) is -2.55. The van der Waals surface area contributed by atoms with E-state index in [-0.39, 0.29) is 33.4 Å². The molecule has 0 radical (unpaired) electrons. The number of sulfonamides is 1. The van der Waals surface area contributed by atoms with Crippen LogP contribution in [0.3, 0.4) is 0 Å². The lowest BCUT2D eigenvalue weighted by Gasteiger charge is -2.18. The highest BCUT2D eigenvalue weighted by atomic mass is 35.5. The molecule has 0 aliphatic rings. The summed E-state index contributed by atoms with van der Waals surface area (Å²) in [6, 6.07) is 4.09. The molecule has 0 atom stereocenters. The minimum absolute atomic E-state index is 0.0607. The number of hydrogen-bond donors (Lipinski definition) is 1. The van der Waals surface area contributed by atoms with Gasteiger partial charge in [0.2, 0.25) is 15.9 Å². The Morgan fingerprint density at radius 3 is 2.50 bits per heavy atom. The molecule has 1 amide bonds. The Bertz CT molecular complexity index is 603. The van der Waals surface area contributed by atoms with Gasteiger partial charge in [0, 0.05) is 18.1 Å². The van der Waals surface area contributed by atoms with E-state index in [1.807, 2.05) is 0 Å². The van der Waals surface area contributed by atoms with Crippen molar-refractivity contribution in [3.8, 4) is 0 Å². The largest absolute Gasteiger partial charge is 0.353 e. The number of benzene rings is 1.